The molecule has 0 aliphatic heterocycles. The number of nitrogens with one attached hydrogen (secondary N) is 1. The molecule has 0 radical (unpaired) electrons. The first-order valence-electron chi connectivity index (χ1n) is 5.92. The maximum Gasteiger partial charge on any atom is 0.208 e. The van der Waals surface area contributed by atoms with E-state index in [1.165, 1.54) is 18.5 Å². The van der Waals surface area contributed by atoms with Crippen LogP contribution in [0.15, 0.2) is 46.2 Å². The highest BCUT2D eigenvalue weighted by Crippen LogP contribution is 2.30. The van der Waals surface area contributed by atoms with Gasteiger partial charge in [-0.1, -0.05) is 12.1 Å². The van der Waals surface area contributed by atoms with E-state index in [1.54, 1.807) is 23.6 Å². The van der Waals surface area contributed by atoms with Gasteiger partial charge in [0.1, 0.15) is 9.46 Å². The molecule has 0 amide bonds. The summed E-state index contributed by atoms with van der Waals surface area (Å²) < 4.78 is 50.3. The van der Waals surface area contributed by atoms with Gasteiger partial charge in [-0.05, 0) is 23.1 Å². The molecule has 21 heavy (non-hydrogen) atoms. The first-order valence-corrected chi connectivity index (χ1v) is 10.2. The Morgan fingerprint density at radius 1 is 1.24 bits per heavy atom. The number of pyridine rings is 1. The number of aromatic nitrogens is 1. The highest BCUT2D eigenvalue weighted by atomic mass is 32.2. The predicted octanol–water partition coefficient (Wildman–Crippen LogP) is 1.21. The third-order valence-electron chi connectivity index (χ3n) is 2.74. The van der Waals surface area contributed by atoms with E-state index in [0.29, 0.717) is 5.56 Å². The lowest BCUT2D eigenvalue weighted by Gasteiger charge is -2.17. The van der Waals surface area contributed by atoms with E-state index in [1.807, 2.05) is 0 Å². The molecular formula is C12H14N2O4S3. The lowest BCUT2D eigenvalue weighted by atomic mass is 10.2. The van der Waals surface area contributed by atoms with Gasteiger partial charge in [0, 0.05) is 18.9 Å². The van der Waals surface area contributed by atoms with E-state index in [4.69, 9.17) is 0 Å². The number of rotatable bonds is 6. The summed E-state index contributed by atoms with van der Waals surface area (Å²) in [7, 11) is -7.17. The van der Waals surface area contributed by atoms with E-state index in [9.17, 15) is 16.8 Å². The fourth-order valence-electron chi connectivity index (χ4n) is 1.77. The van der Waals surface area contributed by atoms with Crippen LogP contribution in [0.2, 0.25) is 0 Å². The number of nitrogens with zero attached hydrogens (tertiary/aromatic N) is 1. The maximum absolute atomic E-state index is 12.7. The van der Waals surface area contributed by atoms with Crippen LogP contribution in [-0.2, 0) is 19.9 Å². The van der Waals surface area contributed by atoms with Crippen molar-refractivity contribution < 1.29 is 16.8 Å². The topological polar surface area (TPSA) is 93.2 Å². The number of hydrogen-bond donors (Lipinski definition) is 1. The van der Waals surface area contributed by atoms with Crippen LogP contribution in [-0.4, -0.2) is 34.6 Å². The van der Waals surface area contributed by atoms with Crippen molar-refractivity contribution in [2.45, 2.75) is 9.46 Å². The van der Waals surface area contributed by atoms with Gasteiger partial charge in [0.15, 0.2) is 9.84 Å². The van der Waals surface area contributed by atoms with Crippen LogP contribution in [0, 0.1) is 0 Å². The van der Waals surface area contributed by atoms with E-state index < -0.39 is 25.1 Å². The fraction of sp³-hybridized carbons (Fsp3) is 0.250. The molecule has 114 valence electrons. The molecule has 0 bridgehead atoms. The number of thiophene rings is 1. The molecule has 0 aromatic carbocycles. The van der Waals surface area contributed by atoms with Gasteiger partial charge in [-0.3, -0.25) is 4.98 Å². The number of sulfonamides is 1. The van der Waals surface area contributed by atoms with Crippen LogP contribution in [0.25, 0.3) is 0 Å². The lowest BCUT2D eigenvalue weighted by molar-refractivity contribution is 0.572. The van der Waals surface area contributed by atoms with E-state index >= 15 is 0 Å². The van der Waals surface area contributed by atoms with Crippen molar-refractivity contribution in [2.24, 2.45) is 0 Å². The Labute approximate surface area is 127 Å². The van der Waals surface area contributed by atoms with E-state index in [0.717, 1.165) is 17.6 Å². The molecule has 0 unspecified atom stereocenters. The fourth-order valence-corrected chi connectivity index (χ4v) is 5.19. The summed E-state index contributed by atoms with van der Waals surface area (Å²) >= 11 is 1.10. The number of hydrogen-bond acceptors (Lipinski definition) is 6. The van der Waals surface area contributed by atoms with Gasteiger partial charge in [-0.25, -0.2) is 21.6 Å². The summed E-state index contributed by atoms with van der Waals surface area (Å²) in [6.07, 6.45) is 3.95. The zero-order valence-electron chi connectivity index (χ0n) is 11.1. The average molecular weight is 346 g/mol. The molecular weight excluding hydrogens is 332 g/mol. The normalized spacial score (nSPS) is 14.0. The zero-order valence-corrected chi connectivity index (χ0v) is 13.6. The molecule has 0 aliphatic rings. The summed E-state index contributed by atoms with van der Waals surface area (Å²) in [4.78, 5) is 3.91. The molecule has 0 saturated heterocycles. The second-order valence-corrected chi connectivity index (χ2v) is 9.51. The molecule has 6 nitrogen and oxygen atoms in total. The average Bonchev–Trinajstić information content (AvgIpc) is 2.93. The predicted molar refractivity (Wildman–Crippen MR) is 81.3 cm³/mol. The molecule has 2 aromatic rings. The van der Waals surface area contributed by atoms with Crippen LogP contribution >= 0.6 is 11.3 Å². The molecule has 0 fully saturated rings. The summed E-state index contributed by atoms with van der Waals surface area (Å²) in [5, 5.41) is 0.650. The van der Waals surface area contributed by atoms with Crippen molar-refractivity contribution in [1.29, 1.82) is 0 Å². The Hall–Kier alpha value is -1.29. The van der Waals surface area contributed by atoms with Gasteiger partial charge in [-0.2, -0.15) is 0 Å². The van der Waals surface area contributed by atoms with Gasteiger partial charge in [0.2, 0.25) is 10.0 Å². The molecule has 0 saturated carbocycles. The van der Waals surface area contributed by atoms with Crippen LogP contribution < -0.4 is 4.72 Å². The monoisotopic (exact) mass is 346 g/mol. The van der Waals surface area contributed by atoms with Crippen molar-refractivity contribution in [1.82, 2.24) is 9.71 Å². The summed E-state index contributed by atoms with van der Waals surface area (Å²) in [5.74, 6) is 0. The SMILES string of the molecule is CS(=O)(=O)NC[C@@H](c1cccnc1)S(=O)(=O)c1cccs1. The first kappa shape index (κ1) is 16.1. The molecule has 0 aliphatic carbocycles. The molecule has 1 N–H and O–H groups in total. The quantitative estimate of drug-likeness (QED) is 0.848. The van der Waals surface area contributed by atoms with E-state index in [-0.39, 0.29) is 10.8 Å². The van der Waals surface area contributed by atoms with Crippen LogP contribution in [0.5, 0.6) is 0 Å². The van der Waals surface area contributed by atoms with Crippen molar-refractivity contribution in [3.05, 3.63) is 47.6 Å². The van der Waals surface area contributed by atoms with Crippen molar-refractivity contribution in [3.63, 3.8) is 0 Å². The second-order valence-electron chi connectivity index (χ2n) is 4.37. The molecule has 2 heterocycles. The zero-order chi connectivity index (χ0) is 15.5. The Morgan fingerprint density at radius 3 is 2.52 bits per heavy atom. The Balaban J connectivity index is 2.42. The minimum atomic E-state index is -3.68. The Kier molecular flexibility index (Phi) is 4.77. The van der Waals surface area contributed by atoms with Gasteiger partial charge < -0.3 is 0 Å². The van der Waals surface area contributed by atoms with E-state index in [2.05, 4.69) is 9.71 Å². The third-order valence-corrected chi connectivity index (χ3v) is 6.96. The van der Waals surface area contributed by atoms with Gasteiger partial charge in [0.25, 0.3) is 0 Å². The molecule has 2 rings (SSSR count). The van der Waals surface area contributed by atoms with Crippen LogP contribution in [0.1, 0.15) is 10.8 Å². The maximum atomic E-state index is 12.7. The minimum absolute atomic E-state index is 0.201. The standard InChI is InChI=1S/C12H14N2O4S3/c1-20(15,16)14-9-11(10-4-2-6-13-8-10)21(17,18)12-5-3-7-19-12/h2-8,11,14H,9H2,1H3/t11-/m0/s1. The Morgan fingerprint density at radius 2 is 2.00 bits per heavy atom. The van der Waals surface area contributed by atoms with Crippen LogP contribution in [0.3, 0.4) is 0 Å². The molecule has 9 heteroatoms. The minimum Gasteiger partial charge on any atom is -0.264 e. The molecule has 0 spiro atoms. The van der Waals surface area contributed by atoms with Gasteiger partial charge in [0.05, 0.1) is 6.26 Å². The molecule has 2 aromatic heterocycles. The summed E-state index contributed by atoms with van der Waals surface area (Å²) in [5.41, 5.74) is 0.446. The lowest BCUT2D eigenvalue weighted by Crippen LogP contribution is -2.31. The van der Waals surface area contributed by atoms with Gasteiger partial charge >= 0.3 is 0 Å². The Bertz CT molecular complexity index is 784. The van der Waals surface area contributed by atoms with Crippen LogP contribution in [0.4, 0.5) is 0 Å². The first-order chi connectivity index (χ1) is 9.81. The van der Waals surface area contributed by atoms with Crippen molar-refractivity contribution >= 4 is 31.2 Å². The largest absolute Gasteiger partial charge is 0.264 e. The summed E-state index contributed by atoms with van der Waals surface area (Å²) in [6.45, 7) is -0.231. The van der Waals surface area contributed by atoms with Gasteiger partial charge in [-0.15, -0.1) is 11.3 Å². The smallest absolute Gasteiger partial charge is 0.208 e. The highest BCUT2D eigenvalue weighted by Gasteiger charge is 2.30. The number of sulfone groups is 1. The third kappa shape index (κ3) is 4.10. The summed E-state index contributed by atoms with van der Waals surface area (Å²) in [6, 6.07) is 6.38. The van der Waals surface area contributed by atoms with Crippen molar-refractivity contribution in [3.8, 4) is 0 Å². The van der Waals surface area contributed by atoms with Crippen molar-refractivity contribution in [2.75, 3.05) is 12.8 Å². The second kappa shape index (κ2) is 6.22. The highest BCUT2D eigenvalue weighted by molar-refractivity contribution is 7.93. The molecule has 1 atom stereocenters.